The SMILES string of the molecule is CCNCC1CCCc2sc(CC3CC3)nc21. The van der Waals surface area contributed by atoms with Gasteiger partial charge in [-0.15, -0.1) is 11.3 Å². The van der Waals surface area contributed by atoms with Crippen molar-refractivity contribution in [1.82, 2.24) is 10.3 Å². The molecule has 0 aliphatic heterocycles. The van der Waals surface area contributed by atoms with Gasteiger partial charge in [-0.25, -0.2) is 4.98 Å². The number of nitrogens with one attached hydrogen (secondary N) is 1. The molecular weight excluding hydrogens is 228 g/mol. The van der Waals surface area contributed by atoms with Crippen molar-refractivity contribution in [1.29, 1.82) is 0 Å². The normalized spacial score (nSPS) is 23.7. The van der Waals surface area contributed by atoms with Gasteiger partial charge in [0.15, 0.2) is 0 Å². The Morgan fingerprint density at radius 1 is 1.35 bits per heavy atom. The average molecular weight is 250 g/mol. The molecule has 2 aliphatic carbocycles. The topological polar surface area (TPSA) is 24.9 Å². The second-order valence-corrected chi connectivity index (χ2v) is 6.63. The molecule has 3 heteroatoms. The van der Waals surface area contributed by atoms with Gasteiger partial charge in [0.05, 0.1) is 10.7 Å². The van der Waals surface area contributed by atoms with Crippen LogP contribution < -0.4 is 5.32 Å². The van der Waals surface area contributed by atoms with E-state index in [1.807, 2.05) is 11.3 Å². The monoisotopic (exact) mass is 250 g/mol. The molecular formula is C14H22N2S. The minimum atomic E-state index is 0.683. The molecule has 1 aromatic heterocycles. The number of likely N-dealkylation sites (N-methyl/N-ethyl adjacent to an activating group) is 1. The fourth-order valence-electron chi connectivity index (χ4n) is 2.73. The molecule has 0 radical (unpaired) electrons. The number of hydrogen-bond donors (Lipinski definition) is 1. The van der Waals surface area contributed by atoms with E-state index in [1.54, 1.807) is 4.88 Å². The third-order valence-electron chi connectivity index (χ3n) is 3.92. The molecule has 0 aromatic carbocycles. The summed E-state index contributed by atoms with van der Waals surface area (Å²) in [5.41, 5.74) is 1.44. The van der Waals surface area contributed by atoms with Gasteiger partial charge < -0.3 is 5.32 Å². The van der Waals surface area contributed by atoms with Gasteiger partial charge in [-0.05, 0) is 44.6 Å². The largest absolute Gasteiger partial charge is 0.316 e. The van der Waals surface area contributed by atoms with Crippen molar-refractivity contribution in [3.63, 3.8) is 0 Å². The zero-order valence-electron chi connectivity index (χ0n) is 10.7. The van der Waals surface area contributed by atoms with Gasteiger partial charge in [-0.2, -0.15) is 0 Å². The molecule has 0 amide bonds. The third-order valence-corrected chi connectivity index (χ3v) is 5.07. The lowest BCUT2D eigenvalue weighted by molar-refractivity contribution is 0.508. The summed E-state index contributed by atoms with van der Waals surface area (Å²) in [7, 11) is 0. The molecule has 1 unspecified atom stereocenters. The van der Waals surface area contributed by atoms with Gasteiger partial charge >= 0.3 is 0 Å². The number of aromatic nitrogens is 1. The van der Waals surface area contributed by atoms with Crippen LogP contribution in [0.15, 0.2) is 0 Å². The van der Waals surface area contributed by atoms with Crippen molar-refractivity contribution >= 4 is 11.3 Å². The third kappa shape index (κ3) is 2.71. The van der Waals surface area contributed by atoms with Gasteiger partial charge in [-0.1, -0.05) is 6.92 Å². The molecule has 1 atom stereocenters. The quantitative estimate of drug-likeness (QED) is 0.868. The Bertz CT molecular complexity index is 382. The molecule has 0 spiro atoms. The maximum atomic E-state index is 4.94. The van der Waals surface area contributed by atoms with Crippen molar-refractivity contribution in [2.45, 2.75) is 51.4 Å². The summed E-state index contributed by atoms with van der Waals surface area (Å²) in [5, 5.41) is 4.90. The van der Waals surface area contributed by atoms with Crippen molar-refractivity contribution in [2.75, 3.05) is 13.1 Å². The molecule has 0 bridgehead atoms. The molecule has 1 aromatic rings. The van der Waals surface area contributed by atoms with Crippen LogP contribution in [0, 0.1) is 5.92 Å². The zero-order chi connectivity index (χ0) is 11.7. The van der Waals surface area contributed by atoms with Crippen LogP contribution >= 0.6 is 11.3 Å². The molecule has 17 heavy (non-hydrogen) atoms. The number of fused-ring (bicyclic) bond motifs is 1. The van der Waals surface area contributed by atoms with E-state index in [1.165, 1.54) is 49.2 Å². The van der Waals surface area contributed by atoms with E-state index >= 15 is 0 Å². The highest BCUT2D eigenvalue weighted by Gasteiger charge is 2.27. The van der Waals surface area contributed by atoms with Gasteiger partial charge in [0.2, 0.25) is 0 Å². The number of nitrogens with zero attached hydrogens (tertiary/aromatic N) is 1. The molecule has 1 heterocycles. The number of hydrogen-bond acceptors (Lipinski definition) is 3. The lowest BCUT2D eigenvalue weighted by Gasteiger charge is -2.21. The number of aryl methyl sites for hydroxylation is 1. The predicted octanol–water partition coefficient (Wildman–Crippen LogP) is 3.13. The van der Waals surface area contributed by atoms with Gasteiger partial charge in [0.25, 0.3) is 0 Å². The molecule has 94 valence electrons. The van der Waals surface area contributed by atoms with Crippen LogP contribution in [0.2, 0.25) is 0 Å². The maximum absolute atomic E-state index is 4.94. The summed E-state index contributed by atoms with van der Waals surface area (Å²) in [6.07, 6.45) is 8.09. The first-order chi connectivity index (χ1) is 8.36. The molecule has 2 nitrogen and oxygen atoms in total. The fraction of sp³-hybridized carbons (Fsp3) is 0.786. The van der Waals surface area contributed by atoms with E-state index in [9.17, 15) is 0 Å². The zero-order valence-corrected chi connectivity index (χ0v) is 11.5. The first-order valence-electron chi connectivity index (χ1n) is 7.06. The number of thiazole rings is 1. The van der Waals surface area contributed by atoms with Crippen LogP contribution in [0.4, 0.5) is 0 Å². The van der Waals surface area contributed by atoms with E-state index in [-0.39, 0.29) is 0 Å². The molecule has 1 saturated carbocycles. The van der Waals surface area contributed by atoms with Crippen molar-refractivity contribution in [2.24, 2.45) is 5.92 Å². The molecule has 1 N–H and O–H groups in total. The van der Waals surface area contributed by atoms with Gasteiger partial charge in [-0.3, -0.25) is 0 Å². The highest BCUT2D eigenvalue weighted by Crippen LogP contribution is 2.38. The Morgan fingerprint density at radius 3 is 3.00 bits per heavy atom. The highest BCUT2D eigenvalue weighted by molar-refractivity contribution is 7.11. The lowest BCUT2D eigenvalue weighted by Crippen LogP contribution is -2.24. The highest BCUT2D eigenvalue weighted by atomic mass is 32.1. The molecule has 1 fully saturated rings. The second kappa shape index (κ2) is 5.07. The standard InChI is InChI=1S/C14H22N2S/c1-2-15-9-11-4-3-5-12-14(11)16-13(17-12)8-10-6-7-10/h10-11,15H,2-9H2,1H3. The van der Waals surface area contributed by atoms with Crippen LogP contribution in [-0.4, -0.2) is 18.1 Å². The predicted molar refractivity (Wildman–Crippen MR) is 72.8 cm³/mol. The Labute approximate surface area is 108 Å². The average Bonchev–Trinajstić information content (AvgIpc) is 3.04. The Morgan fingerprint density at radius 2 is 2.24 bits per heavy atom. The first-order valence-corrected chi connectivity index (χ1v) is 7.87. The van der Waals surface area contributed by atoms with Gasteiger partial charge in [0.1, 0.15) is 0 Å². The summed E-state index contributed by atoms with van der Waals surface area (Å²) < 4.78 is 0. The minimum absolute atomic E-state index is 0.683. The Hall–Kier alpha value is -0.410. The van der Waals surface area contributed by atoms with E-state index in [0.29, 0.717) is 5.92 Å². The molecule has 3 rings (SSSR count). The summed E-state index contributed by atoms with van der Waals surface area (Å²) >= 11 is 2.00. The van der Waals surface area contributed by atoms with Crippen LogP contribution in [-0.2, 0) is 12.8 Å². The Balaban J connectivity index is 1.73. The van der Waals surface area contributed by atoms with Crippen LogP contribution in [0.5, 0.6) is 0 Å². The van der Waals surface area contributed by atoms with Gasteiger partial charge in [0, 0.05) is 23.8 Å². The van der Waals surface area contributed by atoms with Crippen molar-refractivity contribution in [3.8, 4) is 0 Å². The van der Waals surface area contributed by atoms with Crippen molar-refractivity contribution in [3.05, 3.63) is 15.6 Å². The van der Waals surface area contributed by atoms with Crippen LogP contribution in [0.3, 0.4) is 0 Å². The van der Waals surface area contributed by atoms with Crippen LogP contribution in [0.1, 0.15) is 54.1 Å². The summed E-state index contributed by atoms with van der Waals surface area (Å²) in [6.45, 7) is 4.38. The van der Waals surface area contributed by atoms with E-state index in [2.05, 4.69) is 12.2 Å². The fourth-order valence-corrected chi connectivity index (χ4v) is 4.04. The summed E-state index contributed by atoms with van der Waals surface area (Å²) in [4.78, 5) is 6.54. The summed E-state index contributed by atoms with van der Waals surface area (Å²) in [5.74, 6) is 1.65. The molecule has 2 aliphatic rings. The van der Waals surface area contributed by atoms with E-state index in [0.717, 1.165) is 19.0 Å². The smallest absolute Gasteiger partial charge is 0.0934 e. The maximum Gasteiger partial charge on any atom is 0.0934 e. The van der Waals surface area contributed by atoms with Crippen molar-refractivity contribution < 1.29 is 0 Å². The van der Waals surface area contributed by atoms with Crippen LogP contribution in [0.25, 0.3) is 0 Å². The minimum Gasteiger partial charge on any atom is -0.316 e. The first kappa shape index (κ1) is 11.7. The second-order valence-electron chi connectivity index (χ2n) is 5.46. The summed E-state index contributed by atoms with van der Waals surface area (Å²) in [6, 6.07) is 0. The van der Waals surface area contributed by atoms with E-state index < -0.39 is 0 Å². The van der Waals surface area contributed by atoms with E-state index in [4.69, 9.17) is 4.98 Å². The molecule has 0 saturated heterocycles. The lowest BCUT2D eigenvalue weighted by atomic mass is 9.91. The number of rotatable bonds is 5. The Kier molecular flexibility index (Phi) is 3.48.